The van der Waals surface area contributed by atoms with Gasteiger partial charge in [-0.2, -0.15) is 0 Å². The molecule has 0 amide bonds. The molecule has 0 saturated heterocycles. The summed E-state index contributed by atoms with van der Waals surface area (Å²) in [4.78, 5) is 4.17. The van der Waals surface area contributed by atoms with E-state index in [0.717, 1.165) is 58.9 Å². The van der Waals surface area contributed by atoms with Gasteiger partial charge in [-0.3, -0.25) is 4.90 Å². The van der Waals surface area contributed by atoms with Crippen LogP contribution >= 0.6 is 0 Å². The fourth-order valence-electron chi connectivity index (χ4n) is 2.90. The molecule has 6 N–H and O–H groups in total. The van der Waals surface area contributed by atoms with Crippen LogP contribution in [0.3, 0.4) is 0 Å². The average molecular weight is 346 g/mol. The van der Waals surface area contributed by atoms with Crippen molar-refractivity contribution in [2.24, 2.45) is 5.73 Å². The first-order chi connectivity index (χ1) is 11.8. The van der Waals surface area contributed by atoms with Crippen molar-refractivity contribution in [1.29, 1.82) is 0 Å². The summed E-state index contributed by atoms with van der Waals surface area (Å²) in [6.07, 6.45) is 5.33. The first-order valence-electron chi connectivity index (χ1n) is 10.0. The largest absolute Gasteiger partial charge is 0.334 e. The van der Waals surface area contributed by atoms with E-state index in [9.17, 15) is 0 Å². The predicted octanol–water partition coefficient (Wildman–Crippen LogP) is -1.26. The maximum atomic E-state index is 5.64. The lowest BCUT2D eigenvalue weighted by Gasteiger charge is -2.22. The van der Waals surface area contributed by atoms with E-state index < -0.39 is 0 Å². The average Bonchev–Trinajstić information content (AvgIpc) is 2.60. The van der Waals surface area contributed by atoms with Crippen LogP contribution in [0.2, 0.25) is 0 Å². The lowest BCUT2D eigenvalue weighted by Crippen LogP contribution is -3.12. The number of rotatable bonds is 19. The Kier molecular flexibility index (Phi) is 18.9. The van der Waals surface area contributed by atoms with Crippen LogP contribution in [0.15, 0.2) is 0 Å². The van der Waals surface area contributed by atoms with Gasteiger partial charge in [-0.1, -0.05) is 6.42 Å². The van der Waals surface area contributed by atoms with Gasteiger partial charge in [0.1, 0.15) is 0 Å². The Hall–Kier alpha value is -0.240. The van der Waals surface area contributed by atoms with Crippen LogP contribution in [0.1, 0.15) is 32.6 Å². The smallest absolute Gasteiger partial charge is 0.0895 e. The van der Waals surface area contributed by atoms with Crippen molar-refractivity contribution in [3.8, 4) is 0 Å². The standard InChI is InChI=1S/C18H44N6/c1-4-23(15-9-19)14-8-6-5-7-10-22-13-18-24(16-11-20-2)17-12-21-3/h20-22H,4-19H2,1-3H3/p+1. The molecule has 0 aliphatic carbocycles. The Labute approximate surface area is 150 Å². The second-order valence-electron chi connectivity index (χ2n) is 6.61. The zero-order chi connectivity index (χ0) is 17.9. The summed E-state index contributed by atoms with van der Waals surface area (Å²) in [6, 6.07) is 0. The third-order valence-electron chi connectivity index (χ3n) is 4.59. The molecule has 0 saturated carbocycles. The van der Waals surface area contributed by atoms with Gasteiger partial charge in [-0.15, -0.1) is 0 Å². The maximum absolute atomic E-state index is 5.64. The number of nitrogens with zero attached hydrogens (tertiary/aromatic N) is 1. The van der Waals surface area contributed by atoms with Gasteiger partial charge in [-0.05, 0) is 46.8 Å². The van der Waals surface area contributed by atoms with Gasteiger partial charge >= 0.3 is 0 Å². The van der Waals surface area contributed by atoms with E-state index in [1.807, 2.05) is 14.1 Å². The molecule has 0 aliphatic heterocycles. The van der Waals surface area contributed by atoms with Crippen molar-refractivity contribution in [3.63, 3.8) is 0 Å². The van der Waals surface area contributed by atoms with Gasteiger partial charge in [0.05, 0.1) is 19.6 Å². The number of likely N-dealkylation sites (N-methyl/N-ethyl adjacent to an activating group) is 3. The number of quaternary nitrogens is 1. The maximum Gasteiger partial charge on any atom is 0.0895 e. The SMILES string of the molecule is CC[NH+](CCN)CCCCCCNCCN(CCNC)CCNC. The van der Waals surface area contributed by atoms with Gasteiger partial charge < -0.3 is 26.6 Å². The summed E-state index contributed by atoms with van der Waals surface area (Å²) in [6.45, 7) is 14.4. The van der Waals surface area contributed by atoms with Crippen LogP contribution in [-0.2, 0) is 0 Å². The number of hydrogen-bond donors (Lipinski definition) is 5. The molecular weight excluding hydrogens is 300 g/mol. The van der Waals surface area contributed by atoms with Crippen molar-refractivity contribution < 1.29 is 4.90 Å². The second-order valence-corrected chi connectivity index (χ2v) is 6.61. The van der Waals surface area contributed by atoms with Gasteiger partial charge in [0.2, 0.25) is 0 Å². The Bertz CT molecular complexity index is 232. The molecule has 0 fully saturated rings. The van der Waals surface area contributed by atoms with Crippen LogP contribution in [0.25, 0.3) is 0 Å². The quantitative estimate of drug-likeness (QED) is 0.189. The van der Waals surface area contributed by atoms with E-state index >= 15 is 0 Å². The zero-order valence-corrected chi connectivity index (χ0v) is 16.6. The van der Waals surface area contributed by atoms with Crippen LogP contribution < -0.4 is 26.6 Å². The summed E-state index contributed by atoms with van der Waals surface area (Å²) in [7, 11) is 4.04. The molecule has 0 aromatic carbocycles. The van der Waals surface area contributed by atoms with Gasteiger partial charge in [0, 0.05) is 45.8 Å². The Morgan fingerprint density at radius 1 is 0.792 bits per heavy atom. The Morgan fingerprint density at radius 3 is 2.00 bits per heavy atom. The molecule has 24 heavy (non-hydrogen) atoms. The zero-order valence-electron chi connectivity index (χ0n) is 16.6. The van der Waals surface area contributed by atoms with Crippen LogP contribution in [0, 0.1) is 0 Å². The molecule has 6 heteroatoms. The van der Waals surface area contributed by atoms with Crippen LogP contribution in [-0.4, -0.2) is 91.0 Å². The summed E-state index contributed by atoms with van der Waals surface area (Å²) < 4.78 is 0. The normalized spacial score (nSPS) is 12.9. The highest BCUT2D eigenvalue weighted by Crippen LogP contribution is 1.97. The van der Waals surface area contributed by atoms with E-state index in [2.05, 4.69) is 27.8 Å². The molecule has 0 rings (SSSR count). The van der Waals surface area contributed by atoms with E-state index in [-0.39, 0.29) is 0 Å². The van der Waals surface area contributed by atoms with E-state index in [1.165, 1.54) is 38.8 Å². The molecule has 6 nitrogen and oxygen atoms in total. The lowest BCUT2D eigenvalue weighted by molar-refractivity contribution is -0.897. The number of nitrogens with one attached hydrogen (secondary N) is 4. The van der Waals surface area contributed by atoms with Crippen molar-refractivity contribution in [2.45, 2.75) is 32.6 Å². The molecule has 0 aromatic heterocycles. The fourth-order valence-corrected chi connectivity index (χ4v) is 2.90. The summed E-state index contributed by atoms with van der Waals surface area (Å²) in [5, 5.41) is 10.1. The number of nitrogens with two attached hydrogens (primary N) is 1. The predicted molar refractivity (Wildman–Crippen MR) is 106 cm³/mol. The van der Waals surface area contributed by atoms with Gasteiger partial charge in [0.25, 0.3) is 0 Å². The second kappa shape index (κ2) is 19.1. The monoisotopic (exact) mass is 345 g/mol. The van der Waals surface area contributed by atoms with E-state index in [1.54, 1.807) is 4.90 Å². The highest BCUT2D eigenvalue weighted by molar-refractivity contribution is 4.62. The molecule has 0 spiro atoms. The van der Waals surface area contributed by atoms with E-state index in [4.69, 9.17) is 5.73 Å². The van der Waals surface area contributed by atoms with Gasteiger partial charge in [-0.25, -0.2) is 0 Å². The van der Waals surface area contributed by atoms with Crippen molar-refractivity contribution in [1.82, 2.24) is 20.9 Å². The minimum absolute atomic E-state index is 0.812. The first kappa shape index (κ1) is 23.8. The van der Waals surface area contributed by atoms with Crippen LogP contribution in [0.4, 0.5) is 0 Å². The Morgan fingerprint density at radius 2 is 1.42 bits per heavy atom. The van der Waals surface area contributed by atoms with Crippen molar-refractivity contribution in [2.75, 3.05) is 86.1 Å². The third-order valence-corrected chi connectivity index (χ3v) is 4.59. The minimum atomic E-state index is 0.812. The van der Waals surface area contributed by atoms with Crippen molar-refractivity contribution in [3.05, 3.63) is 0 Å². The van der Waals surface area contributed by atoms with E-state index in [0.29, 0.717) is 0 Å². The third kappa shape index (κ3) is 15.3. The van der Waals surface area contributed by atoms with Crippen molar-refractivity contribution >= 4 is 0 Å². The number of hydrogen-bond acceptors (Lipinski definition) is 5. The highest BCUT2D eigenvalue weighted by atomic mass is 15.2. The number of unbranched alkanes of at least 4 members (excludes halogenated alkanes) is 3. The molecule has 1 atom stereocenters. The summed E-state index contributed by atoms with van der Waals surface area (Å²) in [5.74, 6) is 0. The lowest BCUT2D eigenvalue weighted by atomic mass is 10.2. The topological polar surface area (TPSA) is 69.8 Å². The molecule has 146 valence electrons. The molecule has 1 unspecified atom stereocenters. The highest BCUT2D eigenvalue weighted by Gasteiger charge is 2.04. The van der Waals surface area contributed by atoms with Crippen LogP contribution in [0.5, 0.6) is 0 Å². The molecule has 0 radical (unpaired) electrons. The minimum Gasteiger partial charge on any atom is -0.334 e. The molecular formula is C18H45N6+. The molecule has 0 aromatic rings. The Balaban J connectivity index is 3.46. The van der Waals surface area contributed by atoms with Gasteiger partial charge in [0.15, 0.2) is 0 Å². The summed E-state index contributed by atoms with van der Waals surface area (Å²) >= 11 is 0. The first-order valence-corrected chi connectivity index (χ1v) is 10.0. The molecule has 0 heterocycles. The summed E-state index contributed by atoms with van der Waals surface area (Å²) in [5.41, 5.74) is 5.64. The fraction of sp³-hybridized carbons (Fsp3) is 1.00. The molecule has 0 aliphatic rings. The molecule has 0 bridgehead atoms.